The van der Waals surface area contributed by atoms with Gasteiger partial charge in [-0.3, -0.25) is 0 Å². The molecule has 3 aromatic rings. The van der Waals surface area contributed by atoms with Crippen LogP contribution in [0.25, 0.3) is 16.6 Å². The zero-order valence-corrected chi connectivity index (χ0v) is 17.2. The zero-order valence-electron chi connectivity index (χ0n) is 17.2. The van der Waals surface area contributed by atoms with E-state index in [0.29, 0.717) is 18.2 Å². The van der Waals surface area contributed by atoms with Crippen molar-refractivity contribution >= 4 is 11.3 Å². The molecule has 1 atom stereocenters. The smallest absolute Gasteiger partial charge is 0.138 e. The van der Waals surface area contributed by atoms with Crippen LogP contribution in [0.2, 0.25) is 0 Å². The molecule has 0 aliphatic carbocycles. The maximum atomic E-state index is 9.49. The number of likely N-dealkylation sites (N-methyl/N-ethyl adjacent to an activating group) is 1. The molecule has 0 bridgehead atoms. The lowest BCUT2D eigenvalue weighted by Gasteiger charge is -2.36. The van der Waals surface area contributed by atoms with Gasteiger partial charge in [0.25, 0.3) is 0 Å². The number of nitriles is 1. The van der Waals surface area contributed by atoms with Crippen LogP contribution in [0.5, 0.6) is 5.75 Å². The molecule has 0 unspecified atom stereocenters. The average molecular weight is 390 g/mol. The van der Waals surface area contributed by atoms with Crippen LogP contribution in [0.4, 0.5) is 5.82 Å². The van der Waals surface area contributed by atoms with Gasteiger partial charge in [-0.1, -0.05) is 0 Å². The van der Waals surface area contributed by atoms with E-state index < -0.39 is 0 Å². The summed E-state index contributed by atoms with van der Waals surface area (Å²) in [6, 6.07) is 8.88. The van der Waals surface area contributed by atoms with E-state index in [1.54, 1.807) is 16.9 Å². The Hall–Kier alpha value is -3.11. The molecule has 4 heterocycles. The Morgan fingerprint density at radius 3 is 2.86 bits per heavy atom. The molecule has 1 aliphatic rings. The summed E-state index contributed by atoms with van der Waals surface area (Å²) < 4.78 is 7.40. The Labute approximate surface area is 171 Å². The minimum absolute atomic E-state index is 0.539. The zero-order chi connectivity index (χ0) is 20.4. The predicted octanol–water partition coefficient (Wildman–Crippen LogP) is 3.20. The minimum atomic E-state index is 0.539. The molecule has 1 saturated heterocycles. The van der Waals surface area contributed by atoms with Gasteiger partial charge in [-0.2, -0.15) is 10.4 Å². The van der Waals surface area contributed by atoms with E-state index >= 15 is 0 Å². The summed E-state index contributed by atoms with van der Waals surface area (Å²) in [5, 5.41) is 13.8. The Kier molecular flexibility index (Phi) is 5.36. The largest absolute Gasteiger partial charge is 0.492 e. The highest BCUT2D eigenvalue weighted by atomic mass is 16.5. The molecule has 0 amide bonds. The van der Waals surface area contributed by atoms with Crippen LogP contribution in [-0.2, 0) is 0 Å². The van der Waals surface area contributed by atoms with Gasteiger partial charge in [-0.25, -0.2) is 9.50 Å². The molecule has 1 fully saturated rings. The average Bonchev–Trinajstić information content (AvgIpc) is 3.17. The first kappa shape index (κ1) is 19.2. The van der Waals surface area contributed by atoms with Crippen LogP contribution in [0.3, 0.4) is 0 Å². The van der Waals surface area contributed by atoms with Crippen molar-refractivity contribution in [3.63, 3.8) is 0 Å². The van der Waals surface area contributed by atoms with E-state index in [9.17, 15) is 5.26 Å². The van der Waals surface area contributed by atoms with Crippen molar-refractivity contribution in [1.82, 2.24) is 19.5 Å². The van der Waals surface area contributed by atoms with Crippen molar-refractivity contribution in [2.75, 3.05) is 38.7 Å². The van der Waals surface area contributed by atoms with Gasteiger partial charge >= 0.3 is 0 Å². The summed E-state index contributed by atoms with van der Waals surface area (Å²) in [5.41, 5.74) is 3.15. The Balaban J connectivity index is 1.69. The topological polar surface area (TPSA) is 69.7 Å². The van der Waals surface area contributed by atoms with Crippen LogP contribution in [0.1, 0.15) is 25.3 Å². The normalized spacial score (nSPS) is 16.9. The van der Waals surface area contributed by atoms with Gasteiger partial charge in [-0.05, 0) is 52.1 Å². The van der Waals surface area contributed by atoms with Gasteiger partial charge in [0.2, 0.25) is 0 Å². The monoisotopic (exact) mass is 390 g/mol. The number of fused-ring (bicyclic) bond motifs is 1. The van der Waals surface area contributed by atoms with Crippen molar-refractivity contribution in [3.8, 4) is 22.9 Å². The third kappa shape index (κ3) is 3.76. The number of hydrogen-bond acceptors (Lipinski definition) is 6. The fourth-order valence-electron chi connectivity index (χ4n) is 3.96. The van der Waals surface area contributed by atoms with E-state index in [1.165, 1.54) is 12.8 Å². The highest BCUT2D eigenvalue weighted by molar-refractivity contribution is 5.85. The summed E-state index contributed by atoms with van der Waals surface area (Å²) in [5.74, 6) is 1.71. The molecule has 4 rings (SSSR count). The maximum absolute atomic E-state index is 9.49. The lowest BCUT2D eigenvalue weighted by molar-refractivity contribution is 0.257. The van der Waals surface area contributed by atoms with Crippen LogP contribution >= 0.6 is 0 Å². The Morgan fingerprint density at radius 2 is 2.17 bits per heavy atom. The molecule has 150 valence electrons. The number of pyridine rings is 2. The van der Waals surface area contributed by atoms with E-state index in [0.717, 1.165) is 41.3 Å². The number of aromatic nitrogens is 3. The summed E-state index contributed by atoms with van der Waals surface area (Å²) in [7, 11) is 4.28. The SMILES string of the molecule is CCOc1cc(-c2ccc(N3CCC[C@H](N(C)C)C3)nc2)c2c(C#N)cnn2c1. The van der Waals surface area contributed by atoms with Crippen molar-refractivity contribution in [2.45, 2.75) is 25.8 Å². The molecule has 0 aromatic carbocycles. The lowest BCUT2D eigenvalue weighted by atomic mass is 10.0. The molecule has 7 heteroatoms. The van der Waals surface area contributed by atoms with Gasteiger partial charge in [-0.15, -0.1) is 0 Å². The third-order valence-electron chi connectivity index (χ3n) is 5.53. The fraction of sp³-hybridized carbons (Fsp3) is 0.409. The lowest BCUT2D eigenvalue weighted by Crippen LogP contribution is -2.45. The van der Waals surface area contributed by atoms with Crippen molar-refractivity contribution in [2.24, 2.45) is 0 Å². The van der Waals surface area contributed by atoms with E-state index in [2.05, 4.69) is 47.2 Å². The maximum Gasteiger partial charge on any atom is 0.138 e. The van der Waals surface area contributed by atoms with Crippen molar-refractivity contribution in [1.29, 1.82) is 5.26 Å². The van der Waals surface area contributed by atoms with E-state index in [1.807, 2.05) is 19.2 Å². The second-order valence-corrected chi connectivity index (χ2v) is 7.60. The quantitative estimate of drug-likeness (QED) is 0.666. The minimum Gasteiger partial charge on any atom is -0.492 e. The Morgan fingerprint density at radius 1 is 1.31 bits per heavy atom. The number of anilines is 1. The second kappa shape index (κ2) is 8.10. The van der Waals surface area contributed by atoms with Crippen LogP contribution in [0, 0.1) is 11.3 Å². The molecule has 0 radical (unpaired) electrons. The first-order chi connectivity index (χ1) is 14.1. The van der Waals surface area contributed by atoms with Crippen molar-refractivity contribution in [3.05, 3.63) is 42.4 Å². The molecule has 1 aliphatic heterocycles. The fourth-order valence-corrected chi connectivity index (χ4v) is 3.96. The summed E-state index contributed by atoms with van der Waals surface area (Å²) >= 11 is 0. The molecule has 7 nitrogen and oxygen atoms in total. The van der Waals surface area contributed by atoms with Gasteiger partial charge < -0.3 is 14.5 Å². The molecular weight excluding hydrogens is 364 g/mol. The van der Waals surface area contributed by atoms with Gasteiger partial charge in [0.15, 0.2) is 0 Å². The standard InChI is InChI=1S/C22H26N6O/c1-4-29-19-10-20(22-17(11-23)13-25-28(22)15-19)16-7-8-21(24-12-16)27-9-5-6-18(14-27)26(2)3/h7-8,10,12-13,15,18H,4-6,9,14H2,1-3H3/t18-/m0/s1. The van der Waals surface area contributed by atoms with Gasteiger partial charge in [0, 0.05) is 36.5 Å². The van der Waals surface area contributed by atoms with E-state index in [-0.39, 0.29) is 0 Å². The summed E-state index contributed by atoms with van der Waals surface area (Å²) in [6.07, 6.45) is 7.67. The van der Waals surface area contributed by atoms with Crippen LogP contribution in [-0.4, -0.2) is 59.3 Å². The number of piperidine rings is 1. The molecule has 29 heavy (non-hydrogen) atoms. The molecule has 0 N–H and O–H groups in total. The summed E-state index contributed by atoms with van der Waals surface area (Å²) in [4.78, 5) is 9.39. The molecule has 0 saturated carbocycles. The first-order valence-corrected chi connectivity index (χ1v) is 10.0. The number of nitrogens with zero attached hydrogens (tertiary/aromatic N) is 6. The molecule has 0 spiro atoms. The number of hydrogen-bond donors (Lipinski definition) is 0. The highest BCUT2D eigenvalue weighted by Gasteiger charge is 2.22. The third-order valence-corrected chi connectivity index (χ3v) is 5.53. The predicted molar refractivity (Wildman–Crippen MR) is 113 cm³/mol. The Bertz CT molecular complexity index is 1030. The second-order valence-electron chi connectivity index (χ2n) is 7.60. The van der Waals surface area contributed by atoms with Gasteiger partial charge in [0.1, 0.15) is 17.6 Å². The summed E-state index contributed by atoms with van der Waals surface area (Å²) in [6.45, 7) is 4.53. The number of rotatable bonds is 5. The molecule has 3 aromatic heterocycles. The van der Waals surface area contributed by atoms with E-state index in [4.69, 9.17) is 9.72 Å². The first-order valence-electron chi connectivity index (χ1n) is 10.0. The molecular formula is C22H26N6O. The van der Waals surface area contributed by atoms with Crippen LogP contribution < -0.4 is 9.64 Å². The highest BCUT2D eigenvalue weighted by Crippen LogP contribution is 2.31. The van der Waals surface area contributed by atoms with Crippen LogP contribution in [0.15, 0.2) is 36.8 Å². The van der Waals surface area contributed by atoms with Gasteiger partial charge in [0.05, 0.1) is 30.1 Å². The van der Waals surface area contributed by atoms with Crippen molar-refractivity contribution < 1.29 is 4.74 Å². The number of ether oxygens (including phenoxy) is 1.